The van der Waals surface area contributed by atoms with Gasteiger partial charge in [0.15, 0.2) is 0 Å². The topological polar surface area (TPSA) is 82.0 Å². The van der Waals surface area contributed by atoms with E-state index in [-0.39, 0.29) is 5.34 Å². The van der Waals surface area contributed by atoms with E-state index >= 15 is 0 Å². The van der Waals surface area contributed by atoms with Gasteiger partial charge in [-0.25, -0.2) is 20.0 Å². The average Bonchev–Trinajstić information content (AvgIpc) is 3.53. The Morgan fingerprint density at radius 2 is 1.94 bits per heavy atom. The summed E-state index contributed by atoms with van der Waals surface area (Å²) in [5, 5.41) is 8.20. The number of hydrazine groups is 2. The molecular formula is C22H25FN8OS. The maximum absolute atomic E-state index is 13.5. The standard InChI is InChI=1S/C22H25FN8OS/c1-2-16-12-24-22(25-13-16)29-10-8-17(9-11-29)20-27-19(14-33-20)21(30-15-26-31(23)28-30)32-18-6-4-3-5-7-18/h3-7,12-15,17,21,28H,2,8-11H2,1H3. The average molecular weight is 469 g/mol. The van der Waals surface area contributed by atoms with Crippen LogP contribution in [-0.4, -0.2) is 44.7 Å². The lowest BCUT2D eigenvalue weighted by Gasteiger charge is -2.31. The van der Waals surface area contributed by atoms with Crippen LogP contribution in [0.25, 0.3) is 0 Å². The molecule has 0 spiro atoms. The van der Waals surface area contributed by atoms with Gasteiger partial charge in [-0.1, -0.05) is 35.1 Å². The number of hydrazone groups is 1. The van der Waals surface area contributed by atoms with Crippen LogP contribution in [0.1, 0.15) is 48.2 Å². The lowest BCUT2D eigenvalue weighted by atomic mass is 9.98. The van der Waals surface area contributed by atoms with Crippen molar-refractivity contribution in [2.45, 2.75) is 38.3 Å². The second kappa shape index (κ2) is 9.67. The summed E-state index contributed by atoms with van der Waals surface area (Å²) in [5.41, 5.74) is 4.34. The predicted molar refractivity (Wildman–Crippen MR) is 124 cm³/mol. The van der Waals surface area contributed by atoms with Gasteiger partial charge in [0.05, 0.1) is 5.01 Å². The lowest BCUT2D eigenvalue weighted by molar-refractivity contribution is -0.0998. The minimum atomic E-state index is -0.660. The van der Waals surface area contributed by atoms with Crippen LogP contribution < -0.4 is 15.2 Å². The van der Waals surface area contributed by atoms with Crippen LogP contribution in [0.15, 0.2) is 53.2 Å². The van der Waals surface area contributed by atoms with Crippen LogP contribution in [0.4, 0.5) is 10.4 Å². The van der Waals surface area contributed by atoms with Crippen LogP contribution in [0.2, 0.25) is 0 Å². The number of ether oxygens (including phenoxy) is 1. The van der Waals surface area contributed by atoms with Gasteiger partial charge in [-0.05, 0) is 42.3 Å². The number of anilines is 1. The van der Waals surface area contributed by atoms with Crippen LogP contribution in [0.5, 0.6) is 5.75 Å². The van der Waals surface area contributed by atoms with Crippen molar-refractivity contribution >= 4 is 23.6 Å². The Balaban J connectivity index is 1.27. The van der Waals surface area contributed by atoms with Crippen molar-refractivity contribution in [2.24, 2.45) is 5.10 Å². The molecule has 1 N–H and O–H groups in total. The van der Waals surface area contributed by atoms with E-state index in [0.717, 1.165) is 48.9 Å². The van der Waals surface area contributed by atoms with Crippen molar-refractivity contribution in [2.75, 3.05) is 18.0 Å². The van der Waals surface area contributed by atoms with E-state index in [1.807, 2.05) is 48.1 Å². The third-order valence-corrected chi connectivity index (χ3v) is 6.76. The first-order valence-corrected chi connectivity index (χ1v) is 11.8. The van der Waals surface area contributed by atoms with E-state index in [2.05, 4.69) is 32.4 Å². The molecule has 4 heterocycles. The normalized spacial score (nSPS) is 17.6. The third kappa shape index (κ3) is 4.88. The van der Waals surface area contributed by atoms with Crippen molar-refractivity contribution < 1.29 is 9.22 Å². The maximum atomic E-state index is 13.5. The molecule has 11 heteroatoms. The molecule has 1 unspecified atom stereocenters. The Labute approximate surface area is 195 Å². The van der Waals surface area contributed by atoms with Gasteiger partial charge in [0.2, 0.25) is 12.2 Å². The maximum Gasteiger partial charge on any atom is 0.232 e. The molecule has 1 fully saturated rings. The summed E-state index contributed by atoms with van der Waals surface area (Å²) in [7, 11) is 0. The van der Waals surface area contributed by atoms with Crippen molar-refractivity contribution in [3.63, 3.8) is 0 Å². The number of nitrogens with zero attached hydrogens (tertiary/aromatic N) is 7. The highest BCUT2D eigenvalue weighted by molar-refractivity contribution is 7.09. The molecule has 2 aromatic heterocycles. The minimum absolute atomic E-state index is 0.138. The molecule has 0 radical (unpaired) electrons. The fraction of sp³-hybridized carbons (Fsp3) is 0.364. The molecule has 1 atom stereocenters. The van der Waals surface area contributed by atoms with Crippen molar-refractivity contribution in [3.05, 3.63) is 64.4 Å². The monoisotopic (exact) mass is 468 g/mol. The van der Waals surface area contributed by atoms with Crippen LogP contribution in [-0.2, 0) is 6.42 Å². The summed E-state index contributed by atoms with van der Waals surface area (Å²) in [6, 6.07) is 9.40. The molecule has 0 aliphatic carbocycles. The van der Waals surface area contributed by atoms with Gasteiger partial charge in [-0.2, -0.15) is 0 Å². The van der Waals surface area contributed by atoms with Crippen LogP contribution in [0.3, 0.4) is 0 Å². The zero-order valence-electron chi connectivity index (χ0n) is 18.2. The highest BCUT2D eigenvalue weighted by atomic mass is 32.1. The molecule has 5 rings (SSSR count). The van der Waals surface area contributed by atoms with Crippen molar-refractivity contribution in [1.82, 2.24) is 30.8 Å². The fourth-order valence-corrected chi connectivity index (χ4v) is 4.87. The molecule has 9 nitrogen and oxygen atoms in total. The van der Waals surface area contributed by atoms with E-state index in [0.29, 0.717) is 17.4 Å². The number of thiazole rings is 1. The van der Waals surface area contributed by atoms with E-state index < -0.39 is 6.23 Å². The molecule has 1 saturated heterocycles. The van der Waals surface area contributed by atoms with Gasteiger partial charge >= 0.3 is 0 Å². The SMILES string of the molecule is CCc1cnc(N2CCC(c3nc(C(Oc4ccccc4)N4C=NN(F)N4)cs3)CC2)nc1. The van der Waals surface area contributed by atoms with Gasteiger partial charge in [0.1, 0.15) is 17.8 Å². The highest BCUT2D eigenvalue weighted by Crippen LogP contribution is 2.34. The first-order valence-electron chi connectivity index (χ1n) is 11.0. The zero-order valence-corrected chi connectivity index (χ0v) is 19.0. The summed E-state index contributed by atoms with van der Waals surface area (Å²) in [4.78, 5) is 16.1. The predicted octanol–water partition coefficient (Wildman–Crippen LogP) is 3.82. The van der Waals surface area contributed by atoms with E-state index in [4.69, 9.17) is 9.72 Å². The second-order valence-corrected chi connectivity index (χ2v) is 8.79. The summed E-state index contributed by atoms with van der Waals surface area (Å²) >= 11 is 1.61. The smallest absolute Gasteiger partial charge is 0.232 e. The number of piperidine rings is 1. The van der Waals surface area contributed by atoms with E-state index in [9.17, 15) is 4.48 Å². The number of aromatic nitrogens is 3. The largest absolute Gasteiger partial charge is 0.463 e. The Bertz CT molecular complexity index is 1070. The Hall–Kier alpha value is -3.31. The van der Waals surface area contributed by atoms with Crippen molar-refractivity contribution in [1.29, 1.82) is 0 Å². The summed E-state index contributed by atoms with van der Waals surface area (Å²) < 4.78 is 19.6. The van der Waals surface area contributed by atoms with Crippen LogP contribution in [0, 0.1) is 0 Å². The quantitative estimate of drug-likeness (QED) is 0.524. The molecular weight excluding hydrogens is 443 g/mol. The van der Waals surface area contributed by atoms with Gasteiger partial charge in [0, 0.05) is 36.8 Å². The first-order chi connectivity index (χ1) is 16.2. The molecule has 0 saturated carbocycles. The molecule has 33 heavy (non-hydrogen) atoms. The number of para-hydroxylation sites is 1. The van der Waals surface area contributed by atoms with Crippen molar-refractivity contribution in [3.8, 4) is 5.75 Å². The van der Waals surface area contributed by atoms with Gasteiger partial charge in [0.25, 0.3) is 0 Å². The number of benzene rings is 1. The van der Waals surface area contributed by atoms with Gasteiger partial charge in [-0.3, -0.25) is 0 Å². The molecule has 0 amide bonds. The Morgan fingerprint density at radius 3 is 2.61 bits per heavy atom. The van der Waals surface area contributed by atoms with Crippen LogP contribution >= 0.6 is 11.3 Å². The number of aryl methyl sites for hydroxylation is 1. The first kappa shape index (κ1) is 21.5. The summed E-state index contributed by atoms with van der Waals surface area (Å²) in [6.07, 6.45) is 7.37. The molecule has 0 bridgehead atoms. The molecule has 2 aliphatic heterocycles. The molecule has 3 aromatic rings. The fourth-order valence-electron chi connectivity index (χ4n) is 3.87. The number of rotatable bonds is 7. The van der Waals surface area contributed by atoms with E-state index in [1.165, 1.54) is 11.3 Å². The van der Waals surface area contributed by atoms with Gasteiger partial charge in [-0.15, -0.1) is 16.4 Å². The molecule has 2 aliphatic rings. The zero-order chi connectivity index (χ0) is 22.6. The third-order valence-electron chi connectivity index (χ3n) is 5.74. The Morgan fingerprint density at radius 1 is 1.18 bits per heavy atom. The number of hydrogen-bond donors (Lipinski definition) is 1. The van der Waals surface area contributed by atoms with E-state index in [1.54, 1.807) is 11.3 Å². The Kier molecular flexibility index (Phi) is 6.31. The minimum Gasteiger partial charge on any atom is -0.463 e. The summed E-state index contributed by atoms with van der Waals surface area (Å²) in [5.74, 6) is 1.80. The molecule has 172 valence electrons. The summed E-state index contributed by atoms with van der Waals surface area (Å²) in [6.45, 7) is 3.86. The number of nitrogens with one attached hydrogen (secondary N) is 1. The highest BCUT2D eigenvalue weighted by Gasteiger charge is 2.30. The molecule has 1 aromatic carbocycles. The lowest BCUT2D eigenvalue weighted by Crippen LogP contribution is -2.42. The number of hydrogen-bond acceptors (Lipinski definition) is 10. The second-order valence-electron chi connectivity index (χ2n) is 7.90. The number of halogens is 1. The van der Waals surface area contributed by atoms with Gasteiger partial charge < -0.3 is 9.64 Å².